The number of hydrogen-bond acceptors (Lipinski definition) is 6. The number of methoxy groups -OCH3 is 1. The fraction of sp³-hybridized carbons (Fsp3) is 0.296. The van der Waals surface area contributed by atoms with Crippen molar-refractivity contribution in [3.05, 3.63) is 77.0 Å². The van der Waals surface area contributed by atoms with Gasteiger partial charge in [-0.25, -0.2) is 13.8 Å². The second-order valence-electron chi connectivity index (χ2n) is 9.27. The first-order valence-corrected chi connectivity index (χ1v) is 11.3. The van der Waals surface area contributed by atoms with Crippen LogP contribution in [0.3, 0.4) is 0 Å². The molecule has 3 N–H and O–H groups in total. The Morgan fingerprint density at radius 3 is 2.53 bits per heavy atom. The summed E-state index contributed by atoms with van der Waals surface area (Å²) in [5, 5.41) is 11.4. The molecule has 1 aliphatic rings. The Morgan fingerprint density at radius 1 is 1.19 bits per heavy atom. The summed E-state index contributed by atoms with van der Waals surface area (Å²) in [6, 6.07) is 10.9. The average Bonchev–Trinajstić information content (AvgIpc) is 3.21. The lowest BCUT2D eigenvalue weighted by Crippen LogP contribution is -2.40. The van der Waals surface area contributed by atoms with Crippen LogP contribution in [0.15, 0.2) is 48.5 Å². The molecule has 9 heteroatoms. The van der Waals surface area contributed by atoms with E-state index in [-0.39, 0.29) is 42.2 Å². The first-order valence-electron chi connectivity index (χ1n) is 11.3. The third-order valence-electron chi connectivity index (χ3n) is 6.60. The number of Topliss-reactive ketones (excluding diaryl/α,β-unsaturated/α-hetero) is 1. The molecular weight excluding hydrogens is 470 g/mol. The molecule has 0 saturated heterocycles. The van der Waals surface area contributed by atoms with Crippen molar-refractivity contribution in [2.75, 3.05) is 13.7 Å². The molecular formula is C27H26F2N2O5. The quantitative estimate of drug-likeness (QED) is 0.456. The molecule has 0 saturated carbocycles. The topological polar surface area (TPSA) is 112 Å². The number of amides is 1. The highest BCUT2D eigenvalue weighted by Crippen LogP contribution is 2.46. The number of ketones is 1. The van der Waals surface area contributed by atoms with E-state index in [1.165, 1.54) is 50.4 Å². The van der Waals surface area contributed by atoms with Crippen LogP contribution in [0.5, 0.6) is 11.5 Å². The zero-order chi connectivity index (χ0) is 26.3. The monoisotopic (exact) mass is 496 g/mol. The minimum absolute atomic E-state index is 0.00990. The van der Waals surface area contributed by atoms with Crippen molar-refractivity contribution in [1.82, 2.24) is 4.98 Å². The van der Waals surface area contributed by atoms with Crippen molar-refractivity contribution in [3.63, 3.8) is 0 Å². The summed E-state index contributed by atoms with van der Waals surface area (Å²) in [5.74, 6) is -1.67. The Bertz CT molecular complexity index is 1340. The SMILES string of the molecule is COc1cc(C(=O)CC[C@](C)(O)c2cc3c(c(-c4ccc(F)cc4)n2)OC[C@]3(C)C(N)=O)ccc1F. The van der Waals surface area contributed by atoms with Crippen LogP contribution >= 0.6 is 0 Å². The van der Waals surface area contributed by atoms with Gasteiger partial charge in [0.1, 0.15) is 34.9 Å². The van der Waals surface area contributed by atoms with Gasteiger partial charge in [0.15, 0.2) is 17.3 Å². The van der Waals surface area contributed by atoms with Gasteiger partial charge in [-0.15, -0.1) is 0 Å². The molecule has 7 nitrogen and oxygen atoms in total. The van der Waals surface area contributed by atoms with Crippen LogP contribution < -0.4 is 15.2 Å². The van der Waals surface area contributed by atoms with E-state index in [1.54, 1.807) is 13.0 Å². The number of fused-ring (bicyclic) bond motifs is 1. The first kappa shape index (κ1) is 25.2. The van der Waals surface area contributed by atoms with Crippen molar-refractivity contribution in [2.24, 2.45) is 5.73 Å². The van der Waals surface area contributed by atoms with Gasteiger partial charge in [0.25, 0.3) is 0 Å². The number of rotatable bonds is 8. The highest BCUT2D eigenvalue weighted by Gasteiger charge is 2.45. The Morgan fingerprint density at radius 2 is 1.89 bits per heavy atom. The molecule has 0 aliphatic carbocycles. The molecule has 2 aromatic carbocycles. The van der Waals surface area contributed by atoms with Crippen molar-refractivity contribution >= 4 is 11.7 Å². The molecule has 0 radical (unpaired) electrons. The molecule has 4 rings (SSSR count). The van der Waals surface area contributed by atoms with Gasteiger partial charge in [-0.05, 0) is 68.8 Å². The zero-order valence-electron chi connectivity index (χ0n) is 20.1. The summed E-state index contributed by atoms with van der Waals surface area (Å²) in [7, 11) is 1.30. The normalized spacial score (nSPS) is 18.2. The Hall–Kier alpha value is -3.85. The van der Waals surface area contributed by atoms with Crippen LogP contribution in [0, 0.1) is 11.6 Å². The van der Waals surface area contributed by atoms with Gasteiger partial charge >= 0.3 is 0 Å². The molecule has 1 amide bonds. The second-order valence-corrected chi connectivity index (χ2v) is 9.27. The number of benzene rings is 2. The maximum atomic E-state index is 13.7. The number of ether oxygens (including phenoxy) is 2. The van der Waals surface area contributed by atoms with E-state index in [4.69, 9.17) is 15.2 Å². The number of carbonyl (C=O) groups is 2. The molecule has 2 atom stereocenters. The Labute approximate surface area is 206 Å². The van der Waals surface area contributed by atoms with Crippen molar-refractivity contribution in [2.45, 2.75) is 37.7 Å². The van der Waals surface area contributed by atoms with Crippen LogP contribution in [0.4, 0.5) is 8.78 Å². The number of aliphatic hydroxyl groups is 1. The molecule has 2 heterocycles. The van der Waals surface area contributed by atoms with Gasteiger partial charge in [-0.3, -0.25) is 9.59 Å². The van der Waals surface area contributed by atoms with Crippen LogP contribution in [0.2, 0.25) is 0 Å². The maximum absolute atomic E-state index is 13.7. The zero-order valence-corrected chi connectivity index (χ0v) is 20.1. The number of hydrogen-bond donors (Lipinski definition) is 2. The highest BCUT2D eigenvalue weighted by molar-refractivity contribution is 5.96. The van der Waals surface area contributed by atoms with Gasteiger partial charge in [0, 0.05) is 23.1 Å². The lowest BCUT2D eigenvalue weighted by atomic mass is 9.81. The minimum Gasteiger partial charge on any atom is -0.494 e. The summed E-state index contributed by atoms with van der Waals surface area (Å²) in [4.78, 5) is 29.7. The molecule has 0 unspecified atom stereocenters. The Balaban J connectivity index is 1.70. The van der Waals surface area contributed by atoms with Crippen LogP contribution in [-0.4, -0.2) is 35.5 Å². The molecule has 3 aromatic rings. The van der Waals surface area contributed by atoms with E-state index >= 15 is 0 Å². The number of nitrogens with zero attached hydrogens (tertiary/aromatic N) is 1. The van der Waals surface area contributed by atoms with Gasteiger partial charge < -0.3 is 20.3 Å². The van der Waals surface area contributed by atoms with E-state index in [1.807, 2.05) is 0 Å². The van der Waals surface area contributed by atoms with Crippen LogP contribution in [0.25, 0.3) is 11.3 Å². The molecule has 1 aliphatic heterocycles. The summed E-state index contributed by atoms with van der Waals surface area (Å²) in [6.45, 7) is 3.13. The number of aromatic nitrogens is 1. The van der Waals surface area contributed by atoms with E-state index in [0.29, 0.717) is 22.6 Å². The highest BCUT2D eigenvalue weighted by atomic mass is 19.1. The lowest BCUT2D eigenvalue weighted by Gasteiger charge is -2.26. The summed E-state index contributed by atoms with van der Waals surface area (Å²) in [6.07, 6.45) is -0.0929. The molecule has 0 fully saturated rings. The van der Waals surface area contributed by atoms with Crippen LogP contribution in [0.1, 0.15) is 48.3 Å². The molecule has 1 aromatic heterocycles. The van der Waals surface area contributed by atoms with Gasteiger partial charge in [0.05, 0.1) is 12.8 Å². The summed E-state index contributed by atoms with van der Waals surface area (Å²) in [5.41, 5.74) is 4.65. The molecule has 36 heavy (non-hydrogen) atoms. The number of carbonyl (C=O) groups excluding carboxylic acids is 2. The van der Waals surface area contributed by atoms with Crippen molar-refractivity contribution in [1.29, 1.82) is 0 Å². The number of primary amides is 1. The van der Waals surface area contributed by atoms with Crippen LogP contribution in [-0.2, 0) is 15.8 Å². The first-order chi connectivity index (χ1) is 17.0. The van der Waals surface area contributed by atoms with E-state index < -0.39 is 28.6 Å². The van der Waals surface area contributed by atoms with Gasteiger partial charge in [0.2, 0.25) is 5.91 Å². The number of halogens is 2. The fourth-order valence-electron chi connectivity index (χ4n) is 4.13. The fourth-order valence-corrected chi connectivity index (χ4v) is 4.13. The summed E-state index contributed by atoms with van der Waals surface area (Å²) >= 11 is 0. The van der Waals surface area contributed by atoms with E-state index in [2.05, 4.69) is 4.98 Å². The molecule has 0 spiro atoms. The lowest BCUT2D eigenvalue weighted by molar-refractivity contribution is -0.123. The standard InChI is InChI=1S/C27H26F2N2O5/c1-26(25(30)33)14-36-24-18(26)13-22(31-23(24)15-4-7-17(28)8-5-15)27(2,34)11-10-20(32)16-6-9-19(29)21(12-16)35-3/h4-9,12-13,34H,10-11,14H2,1-3H3,(H2,30,33)/t26-,27-/m0/s1. The average molecular weight is 497 g/mol. The van der Waals surface area contributed by atoms with Crippen molar-refractivity contribution < 1.29 is 33.0 Å². The van der Waals surface area contributed by atoms with E-state index in [0.717, 1.165) is 6.07 Å². The second kappa shape index (κ2) is 9.31. The van der Waals surface area contributed by atoms with E-state index in [9.17, 15) is 23.5 Å². The number of pyridine rings is 1. The third-order valence-corrected chi connectivity index (χ3v) is 6.60. The largest absolute Gasteiger partial charge is 0.494 e. The summed E-state index contributed by atoms with van der Waals surface area (Å²) < 4.78 is 38.0. The third kappa shape index (κ3) is 4.54. The van der Waals surface area contributed by atoms with Gasteiger partial charge in [-0.2, -0.15) is 0 Å². The number of nitrogens with two attached hydrogens (primary N) is 1. The molecule has 0 bridgehead atoms. The Kier molecular flexibility index (Phi) is 6.53. The smallest absolute Gasteiger partial charge is 0.231 e. The predicted octanol–water partition coefficient (Wildman–Crippen LogP) is 4.04. The maximum Gasteiger partial charge on any atom is 0.231 e. The van der Waals surface area contributed by atoms with Gasteiger partial charge in [-0.1, -0.05) is 0 Å². The minimum atomic E-state index is -1.59. The predicted molar refractivity (Wildman–Crippen MR) is 128 cm³/mol. The van der Waals surface area contributed by atoms with Crippen molar-refractivity contribution in [3.8, 4) is 22.8 Å². The molecule has 188 valence electrons.